The third kappa shape index (κ3) is 6.12. The van der Waals surface area contributed by atoms with E-state index in [2.05, 4.69) is 194 Å². The van der Waals surface area contributed by atoms with Crippen LogP contribution in [0.4, 0.5) is 34.1 Å². The number of benzene rings is 9. The standard InChI is InChI=1S/C58H41N3O2/c1-58(2)50-27-14-12-25-46(50)47-31-29-44(35-51(47)58)61(41-22-10-5-11-23-41)53-37-45(36-52-56(53)63-57(59-52)39-19-8-4-9-20-39)60(42-24-16-21-40(33-42)38-17-6-3-7-18-38)43-30-32-55-49(34-43)48-26-13-15-28-54(48)62-55/h3-37H,1-2H3. The van der Waals surface area contributed by atoms with Gasteiger partial charge in [0.25, 0.3) is 0 Å². The van der Waals surface area contributed by atoms with Gasteiger partial charge in [-0.15, -0.1) is 0 Å². The number of hydrogen-bond acceptors (Lipinski definition) is 5. The Balaban J connectivity index is 1.13. The van der Waals surface area contributed by atoms with Crippen molar-refractivity contribution in [3.05, 3.63) is 223 Å². The molecule has 0 bridgehead atoms. The first kappa shape index (κ1) is 36.7. The summed E-state index contributed by atoms with van der Waals surface area (Å²) >= 11 is 0. The highest BCUT2D eigenvalue weighted by Crippen LogP contribution is 2.52. The fraction of sp³-hybridized carbons (Fsp3) is 0.0517. The Labute approximate surface area is 365 Å². The second-order valence-corrected chi connectivity index (χ2v) is 16.8. The Morgan fingerprint density at radius 1 is 0.397 bits per heavy atom. The molecule has 0 saturated carbocycles. The van der Waals surface area contributed by atoms with Gasteiger partial charge >= 0.3 is 0 Å². The summed E-state index contributed by atoms with van der Waals surface area (Å²) in [6.07, 6.45) is 0. The predicted molar refractivity (Wildman–Crippen MR) is 259 cm³/mol. The molecule has 0 N–H and O–H groups in total. The minimum absolute atomic E-state index is 0.190. The predicted octanol–water partition coefficient (Wildman–Crippen LogP) is 16.3. The number of hydrogen-bond donors (Lipinski definition) is 0. The lowest BCUT2D eigenvalue weighted by Crippen LogP contribution is -2.17. The molecule has 1 aliphatic carbocycles. The van der Waals surface area contributed by atoms with E-state index in [1.54, 1.807) is 0 Å². The average molecular weight is 812 g/mol. The molecule has 0 fully saturated rings. The van der Waals surface area contributed by atoms with Gasteiger partial charge in [0.1, 0.15) is 16.7 Å². The third-order valence-corrected chi connectivity index (χ3v) is 12.6. The number of fused-ring (bicyclic) bond motifs is 7. The molecule has 63 heavy (non-hydrogen) atoms. The van der Waals surface area contributed by atoms with Crippen molar-refractivity contribution in [3.8, 4) is 33.7 Å². The lowest BCUT2D eigenvalue weighted by Gasteiger charge is -2.30. The number of nitrogens with zero attached hydrogens (tertiary/aromatic N) is 3. The largest absolute Gasteiger partial charge is 0.456 e. The Morgan fingerprint density at radius 3 is 1.84 bits per heavy atom. The quantitative estimate of drug-likeness (QED) is 0.153. The first-order valence-corrected chi connectivity index (χ1v) is 21.4. The molecule has 1 aliphatic rings. The first-order valence-electron chi connectivity index (χ1n) is 21.4. The summed E-state index contributed by atoms with van der Waals surface area (Å²) in [5.41, 5.74) is 17.1. The molecule has 0 atom stereocenters. The highest BCUT2D eigenvalue weighted by Gasteiger charge is 2.36. The van der Waals surface area contributed by atoms with Crippen molar-refractivity contribution in [1.29, 1.82) is 0 Å². The Morgan fingerprint density at radius 2 is 1.02 bits per heavy atom. The SMILES string of the molecule is CC1(C)c2ccccc2-c2ccc(N(c3ccccc3)c3cc(N(c4cccc(-c5ccccc5)c4)c4ccc5oc6ccccc6c5c4)cc4nc(-c5ccccc5)oc34)cc21. The zero-order valence-corrected chi connectivity index (χ0v) is 34.9. The zero-order valence-electron chi connectivity index (χ0n) is 34.9. The van der Waals surface area contributed by atoms with Crippen molar-refractivity contribution in [2.45, 2.75) is 19.3 Å². The van der Waals surface area contributed by atoms with Crippen LogP contribution >= 0.6 is 0 Å². The normalized spacial score (nSPS) is 12.7. The van der Waals surface area contributed by atoms with E-state index in [1.165, 1.54) is 22.3 Å². The van der Waals surface area contributed by atoms with E-state index < -0.39 is 0 Å². The molecule has 0 amide bonds. The van der Waals surface area contributed by atoms with Crippen LogP contribution in [0.3, 0.4) is 0 Å². The van der Waals surface area contributed by atoms with Gasteiger partial charge in [-0.3, -0.25) is 0 Å². The van der Waals surface area contributed by atoms with E-state index in [9.17, 15) is 0 Å². The van der Waals surface area contributed by atoms with Crippen molar-refractivity contribution in [2.75, 3.05) is 9.80 Å². The van der Waals surface area contributed by atoms with Gasteiger partial charge in [0.2, 0.25) is 5.89 Å². The number of rotatable bonds is 8. The van der Waals surface area contributed by atoms with E-state index >= 15 is 0 Å². The summed E-state index contributed by atoms with van der Waals surface area (Å²) in [4.78, 5) is 9.93. The molecule has 0 unspecified atom stereocenters. The van der Waals surface area contributed by atoms with Crippen LogP contribution in [-0.4, -0.2) is 4.98 Å². The molecule has 11 aromatic rings. The maximum atomic E-state index is 6.93. The number of aromatic nitrogens is 1. The molecular formula is C58H41N3O2. The molecule has 0 aliphatic heterocycles. The molecular weight excluding hydrogens is 771 g/mol. The van der Waals surface area contributed by atoms with E-state index in [-0.39, 0.29) is 5.41 Å². The molecule has 0 saturated heterocycles. The van der Waals surface area contributed by atoms with Crippen LogP contribution in [0.15, 0.2) is 221 Å². The fourth-order valence-corrected chi connectivity index (χ4v) is 9.59. The van der Waals surface area contributed by atoms with Gasteiger partial charge in [-0.2, -0.15) is 0 Å². The summed E-state index contributed by atoms with van der Waals surface area (Å²) in [7, 11) is 0. The van der Waals surface area contributed by atoms with Crippen molar-refractivity contribution in [2.24, 2.45) is 0 Å². The molecule has 9 aromatic carbocycles. The summed E-state index contributed by atoms with van der Waals surface area (Å²) in [5, 5.41) is 2.12. The van der Waals surface area contributed by atoms with E-state index in [0.29, 0.717) is 11.5 Å². The van der Waals surface area contributed by atoms with Crippen LogP contribution in [-0.2, 0) is 5.41 Å². The highest BCUT2D eigenvalue weighted by atomic mass is 16.3. The molecule has 2 aromatic heterocycles. The van der Waals surface area contributed by atoms with Crippen molar-refractivity contribution in [1.82, 2.24) is 4.98 Å². The van der Waals surface area contributed by atoms with Gasteiger partial charge in [-0.25, -0.2) is 4.98 Å². The number of oxazole rings is 1. The van der Waals surface area contributed by atoms with Crippen LogP contribution < -0.4 is 9.80 Å². The van der Waals surface area contributed by atoms with Gasteiger partial charge in [0, 0.05) is 44.5 Å². The van der Waals surface area contributed by atoms with Gasteiger partial charge in [-0.1, -0.05) is 141 Å². The minimum Gasteiger partial charge on any atom is -0.456 e. The molecule has 5 heteroatoms. The monoisotopic (exact) mass is 811 g/mol. The van der Waals surface area contributed by atoms with Gasteiger partial charge in [0.05, 0.1) is 11.4 Å². The van der Waals surface area contributed by atoms with Gasteiger partial charge in [-0.05, 0) is 118 Å². The van der Waals surface area contributed by atoms with Crippen molar-refractivity contribution < 1.29 is 8.83 Å². The molecule has 2 heterocycles. The van der Waals surface area contributed by atoms with Crippen LogP contribution in [0.5, 0.6) is 0 Å². The maximum absolute atomic E-state index is 6.93. The smallest absolute Gasteiger partial charge is 0.227 e. The number of furan rings is 1. The first-order chi connectivity index (χ1) is 31.0. The Hall–Kier alpha value is -8.15. The number of anilines is 6. The third-order valence-electron chi connectivity index (χ3n) is 12.6. The number of para-hydroxylation sites is 2. The second-order valence-electron chi connectivity index (χ2n) is 16.8. The van der Waals surface area contributed by atoms with Crippen LogP contribution in [0.1, 0.15) is 25.0 Å². The second kappa shape index (κ2) is 14.5. The zero-order chi connectivity index (χ0) is 42.1. The topological polar surface area (TPSA) is 45.7 Å². The van der Waals surface area contributed by atoms with Crippen LogP contribution in [0.2, 0.25) is 0 Å². The Bertz CT molecular complexity index is 3500. The fourth-order valence-electron chi connectivity index (χ4n) is 9.59. The summed E-state index contributed by atoms with van der Waals surface area (Å²) in [5.74, 6) is 0.562. The van der Waals surface area contributed by atoms with Crippen molar-refractivity contribution >= 4 is 67.2 Å². The molecule has 0 spiro atoms. The molecule has 5 nitrogen and oxygen atoms in total. The summed E-state index contributed by atoms with van der Waals surface area (Å²) in [6, 6.07) is 74.9. The Kier molecular flexibility index (Phi) is 8.44. The summed E-state index contributed by atoms with van der Waals surface area (Å²) < 4.78 is 13.3. The molecule has 0 radical (unpaired) electrons. The van der Waals surface area contributed by atoms with Gasteiger partial charge < -0.3 is 18.6 Å². The van der Waals surface area contributed by atoms with Crippen molar-refractivity contribution in [3.63, 3.8) is 0 Å². The van der Waals surface area contributed by atoms with E-state index in [0.717, 1.165) is 78.3 Å². The van der Waals surface area contributed by atoms with Crippen LogP contribution in [0, 0.1) is 0 Å². The molecule has 12 rings (SSSR count). The average Bonchev–Trinajstić information content (AvgIpc) is 4.01. The minimum atomic E-state index is -0.190. The highest BCUT2D eigenvalue weighted by molar-refractivity contribution is 6.07. The summed E-state index contributed by atoms with van der Waals surface area (Å²) in [6.45, 7) is 4.66. The lowest BCUT2D eigenvalue weighted by molar-refractivity contribution is 0.620. The van der Waals surface area contributed by atoms with Crippen LogP contribution in [0.25, 0.3) is 66.7 Å². The van der Waals surface area contributed by atoms with E-state index in [4.69, 9.17) is 13.8 Å². The van der Waals surface area contributed by atoms with E-state index in [1.807, 2.05) is 42.5 Å². The van der Waals surface area contributed by atoms with Gasteiger partial charge in [0.15, 0.2) is 5.58 Å². The molecule has 300 valence electrons. The maximum Gasteiger partial charge on any atom is 0.227 e. The lowest BCUT2D eigenvalue weighted by atomic mass is 9.82.